The van der Waals surface area contributed by atoms with Gasteiger partial charge in [0.15, 0.2) is 12.1 Å². The SMILES string of the molecule is O=C(O)CCCCC(=O)Nc1cccc([C@H]2O[C@@H](CSc3nc(-c4ccccc4)c(-c4ccccc4)o3)C[C@@H](c3ccc(CO)cc3)O2)c1. The number of carbonyl (C=O) groups excluding carboxylic acids is 1. The number of aliphatic hydroxyl groups excluding tert-OH is 1. The highest BCUT2D eigenvalue weighted by Crippen LogP contribution is 2.41. The summed E-state index contributed by atoms with van der Waals surface area (Å²) in [7, 11) is 0. The molecule has 4 aromatic carbocycles. The number of benzene rings is 4. The van der Waals surface area contributed by atoms with Gasteiger partial charge in [-0.15, -0.1) is 0 Å². The summed E-state index contributed by atoms with van der Waals surface area (Å²) in [6.07, 6.45) is 0.582. The largest absolute Gasteiger partial charge is 0.481 e. The van der Waals surface area contributed by atoms with Gasteiger partial charge in [-0.05, 0) is 36.1 Å². The number of carboxylic acids is 1. The lowest BCUT2D eigenvalue weighted by Crippen LogP contribution is -2.31. The minimum absolute atomic E-state index is 0.0407. The van der Waals surface area contributed by atoms with Crippen LogP contribution in [-0.2, 0) is 25.7 Å². The number of hydrogen-bond donors (Lipinski definition) is 3. The first-order chi connectivity index (χ1) is 23.9. The lowest BCUT2D eigenvalue weighted by atomic mass is 10.0. The van der Waals surface area contributed by atoms with Crippen molar-refractivity contribution in [2.24, 2.45) is 0 Å². The molecule has 5 aromatic rings. The summed E-state index contributed by atoms with van der Waals surface area (Å²) in [6.45, 7) is -0.0407. The van der Waals surface area contributed by atoms with Gasteiger partial charge in [0.2, 0.25) is 5.91 Å². The summed E-state index contributed by atoms with van der Waals surface area (Å²) >= 11 is 1.49. The molecule has 6 rings (SSSR count). The third kappa shape index (κ3) is 9.24. The van der Waals surface area contributed by atoms with Crippen LogP contribution in [0.25, 0.3) is 22.6 Å². The predicted molar refractivity (Wildman–Crippen MR) is 188 cm³/mol. The van der Waals surface area contributed by atoms with Gasteiger partial charge in [0.1, 0.15) is 5.69 Å². The number of carbonyl (C=O) groups is 2. The number of thioether (sulfide) groups is 1. The molecule has 0 radical (unpaired) electrons. The maximum absolute atomic E-state index is 12.6. The van der Waals surface area contributed by atoms with E-state index in [0.29, 0.717) is 41.7 Å². The standard InChI is InChI=1S/C39H38N2O7S/c42-24-26-18-20-27(21-19-26)33-23-32(46-38(47-33)30-14-9-15-31(22-30)40-34(43)16-7-8-17-35(44)45)25-49-39-41-36(28-10-3-1-4-11-28)37(48-39)29-12-5-2-6-13-29/h1-6,9-15,18-22,32-33,38,42H,7-8,16-17,23-25H2,(H,40,43)(H,44,45)/t32-,33+,38+/m1/s1. The van der Waals surface area contributed by atoms with E-state index in [4.69, 9.17) is 24.0 Å². The Kier molecular flexibility index (Phi) is 11.6. The normalized spacial score (nSPS) is 17.4. The number of nitrogens with one attached hydrogen (secondary N) is 1. The molecule has 0 saturated carbocycles. The quantitative estimate of drug-likeness (QED) is 0.0782. The second kappa shape index (κ2) is 16.6. The van der Waals surface area contributed by atoms with Gasteiger partial charge < -0.3 is 29.4 Å². The topological polar surface area (TPSA) is 131 Å². The Bertz CT molecular complexity index is 1770. The van der Waals surface area contributed by atoms with Crippen LogP contribution in [-0.4, -0.2) is 38.9 Å². The molecule has 1 amide bonds. The summed E-state index contributed by atoms with van der Waals surface area (Å²) in [4.78, 5) is 28.2. The van der Waals surface area contributed by atoms with Gasteiger partial charge in [0, 0.05) is 47.4 Å². The van der Waals surface area contributed by atoms with E-state index in [9.17, 15) is 14.7 Å². The Hall–Kier alpha value is -4.74. The molecule has 1 fully saturated rings. The molecule has 252 valence electrons. The van der Waals surface area contributed by atoms with Crippen LogP contribution < -0.4 is 5.32 Å². The number of aromatic nitrogens is 1. The Morgan fingerprint density at radius 2 is 1.53 bits per heavy atom. The lowest BCUT2D eigenvalue weighted by molar-refractivity contribution is -0.245. The third-order valence-electron chi connectivity index (χ3n) is 8.19. The number of oxazole rings is 1. The van der Waals surface area contributed by atoms with Crippen LogP contribution in [0.3, 0.4) is 0 Å². The number of amides is 1. The van der Waals surface area contributed by atoms with Crippen molar-refractivity contribution in [3.05, 3.63) is 126 Å². The van der Waals surface area contributed by atoms with E-state index in [1.807, 2.05) is 103 Å². The third-order valence-corrected chi connectivity index (χ3v) is 9.15. The molecule has 0 unspecified atom stereocenters. The van der Waals surface area contributed by atoms with Crippen molar-refractivity contribution >= 4 is 29.3 Å². The molecule has 1 saturated heterocycles. The molecule has 1 aliphatic heterocycles. The highest BCUT2D eigenvalue weighted by atomic mass is 32.2. The smallest absolute Gasteiger partial charge is 0.303 e. The Labute approximate surface area is 289 Å². The average Bonchev–Trinajstić information content (AvgIpc) is 3.58. The monoisotopic (exact) mass is 678 g/mol. The van der Waals surface area contributed by atoms with Gasteiger partial charge >= 0.3 is 5.97 Å². The van der Waals surface area contributed by atoms with E-state index in [0.717, 1.165) is 33.5 Å². The molecule has 3 N–H and O–H groups in total. The van der Waals surface area contributed by atoms with Crippen molar-refractivity contribution in [1.29, 1.82) is 0 Å². The number of ether oxygens (including phenoxy) is 2. The predicted octanol–water partition coefficient (Wildman–Crippen LogP) is 8.42. The highest BCUT2D eigenvalue weighted by Gasteiger charge is 2.33. The molecule has 3 atom stereocenters. The van der Waals surface area contributed by atoms with Gasteiger partial charge in [-0.3, -0.25) is 9.59 Å². The summed E-state index contributed by atoms with van der Waals surface area (Å²) in [5, 5.41) is 21.9. The first-order valence-corrected chi connectivity index (χ1v) is 17.3. The Morgan fingerprint density at radius 3 is 2.24 bits per heavy atom. The fraction of sp³-hybridized carbons (Fsp3) is 0.256. The molecular weight excluding hydrogens is 641 g/mol. The fourth-order valence-electron chi connectivity index (χ4n) is 5.67. The zero-order valence-electron chi connectivity index (χ0n) is 26.9. The van der Waals surface area contributed by atoms with Gasteiger partial charge in [-0.25, -0.2) is 4.98 Å². The molecule has 1 aliphatic rings. The molecule has 49 heavy (non-hydrogen) atoms. The first kappa shape index (κ1) is 34.1. The number of rotatable bonds is 14. The molecule has 0 spiro atoms. The van der Waals surface area contributed by atoms with Crippen molar-refractivity contribution in [1.82, 2.24) is 4.98 Å². The summed E-state index contributed by atoms with van der Waals surface area (Å²) in [5.41, 5.74) is 5.85. The van der Waals surface area contributed by atoms with Gasteiger partial charge in [0.05, 0.1) is 18.8 Å². The number of anilines is 1. The van der Waals surface area contributed by atoms with Crippen molar-refractivity contribution < 1.29 is 33.7 Å². The molecule has 1 aromatic heterocycles. The number of carboxylic acid groups (broad SMARTS) is 1. The lowest BCUT2D eigenvalue weighted by Gasteiger charge is -2.36. The number of unbranched alkanes of at least 4 members (excludes halogenated alkanes) is 1. The van der Waals surface area contributed by atoms with E-state index in [1.165, 1.54) is 11.8 Å². The van der Waals surface area contributed by atoms with Crippen LogP contribution >= 0.6 is 11.8 Å². The van der Waals surface area contributed by atoms with Crippen LogP contribution in [0, 0.1) is 0 Å². The zero-order chi connectivity index (χ0) is 34.0. The van der Waals surface area contributed by atoms with E-state index in [1.54, 1.807) is 6.07 Å². The van der Waals surface area contributed by atoms with Crippen molar-refractivity contribution in [2.45, 2.75) is 62.4 Å². The second-order valence-corrected chi connectivity index (χ2v) is 12.8. The first-order valence-electron chi connectivity index (χ1n) is 16.3. The summed E-state index contributed by atoms with van der Waals surface area (Å²) in [6, 6.07) is 35.0. The van der Waals surface area contributed by atoms with Crippen molar-refractivity contribution in [3.8, 4) is 22.6 Å². The number of aliphatic hydroxyl groups is 1. The minimum atomic E-state index is -0.866. The van der Waals surface area contributed by atoms with E-state index < -0.39 is 12.3 Å². The van der Waals surface area contributed by atoms with Gasteiger partial charge in [-0.1, -0.05) is 109 Å². The highest BCUT2D eigenvalue weighted by molar-refractivity contribution is 7.99. The fourth-order valence-corrected chi connectivity index (χ4v) is 6.52. The summed E-state index contributed by atoms with van der Waals surface area (Å²) < 4.78 is 19.4. The Balaban J connectivity index is 1.20. The molecule has 9 nitrogen and oxygen atoms in total. The minimum Gasteiger partial charge on any atom is -0.481 e. The molecule has 2 heterocycles. The van der Waals surface area contributed by atoms with Crippen LogP contribution in [0.5, 0.6) is 0 Å². The maximum atomic E-state index is 12.6. The maximum Gasteiger partial charge on any atom is 0.303 e. The molecule has 0 bridgehead atoms. The van der Waals surface area contributed by atoms with E-state index in [2.05, 4.69) is 5.32 Å². The van der Waals surface area contributed by atoms with Crippen LogP contribution in [0.1, 0.15) is 61.2 Å². The van der Waals surface area contributed by atoms with Gasteiger partial charge in [0.25, 0.3) is 5.22 Å². The molecular formula is C39H38N2O7S. The van der Waals surface area contributed by atoms with Crippen LogP contribution in [0.4, 0.5) is 5.69 Å². The van der Waals surface area contributed by atoms with Crippen molar-refractivity contribution in [2.75, 3.05) is 11.1 Å². The second-order valence-electron chi connectivity index (χ2n) is 11.8. The number of nitrogens with zero attached hydrogens (tertiary/aromatic N) is 1. The zero-order valence-corrected chi connectivity index (χ0v) is 27.7. The Morgan fingerprint density at radius 1 is 0.816 bits per heavy atom. The van der Waals surface area contributed by atoms with Crippen LogP contribution in [0.2, 0.25) is 0 Å². The van der Waals surface area contributed by atoms with Crippen LogP contribution in [0.15, 0.2) is 119 Å². The van der Waals surface area contributed by atoms with E-state index in [-0.39, 0.29) is 37.6 Å². The number of hydrogen-bond acceptors (Lipinski definition) is 8. The summed E-state index contributed by atoms with van der Waals surface area (Å²) in [5.74, 6) is 0.220. The molecule has 10 heteroatoms. The van der Waals surface area contributed by atoms with Gasteiger partial charge in [-0.2, -0.15) is 0 Å². The number of aliphatic carboxylic acids is 1. The molecule has 0 aliphatic carbocycles. The average molecular weight is 679 g/mol. The van der Waals surface area contributed by atoms with E-state index >= 15 is 0 Å². The van der Waals surface area contributed by atoms with Crippen molar-refractivity contribution in [3.63, 3.8) is 0 Å².